The van der Waals surface area contributed by atoms with Crippen molar-refractivity contribution < 1.29 is 22.7 Å². The first kappa shape index (κ1) is 20.8. The minimum atomic E-state index is -4.53. The Kier molecular flexibility index (Phi) is 6.17. The van der Waals surface area contributed by atoms with E-state index in [1.54, 1.807) is 31.3 Å². The summed E-state index contributed by atoms with van der Waals surface area (Å²) in [6.45, 7) is 3.86. The first-order valence-corrected chi connectivity index (χ1v) is 9.65. The van der Waals surface area contributed by atoms with Crippen molar-refractivity contribution in [3.63, 3.8) is 0 Å². The number of hydrogen-bond donors (Lipinski definition) is 1. The molecule has 3 aromatic rings. The number of aromatic nitrogens is 2. The molecule has 0 unspecified atom stereocenters. The highest BCUT2D eigenvalue weighted by Gasteiger charge is 2.31. The van der Waals surface area contributed by atoms with Crippen LogP contribution in [0, 0.1) is 6.92 Å². The highest BCUT2D eigenvalue weighted by Crippen LogP contribution is 2.36. The molecular weight excluding hydrogens is 403 g/mol. The summed E-state index contributed by atoms with van der Waals surface area (Å²) in [6, 6.07) is 8.36. The Morgan fingerprint density at radius 2 is 2.03 bits per heavy atom. The number of carbonyl (C=O) groups excluding carboxylic acids is 1. The molecule has 0 spiro atoms. The zero-order valence-corrected chi connectivity index (χ0v) is 16.5. The van der Waals surface area contributed by atoms with Crippen molar-refractivity contribution >= 4 is 22.9 Å². The number of rotatable bonds is 6. The Morgan fingerprint density at radius 3 is 2.69 bits per heavy atom. The Bertz CT molecular complexity index is 1000. The number of aryl methyl sites for hydroxylation is 1. The van der Waals surface area contributed by atoms with E-state index in [9.17, 15) is 18.0 Å². The van der Waals surface area contributed by atoms with Gasteiger partial charge in [0.15, 0.2) is 0 Å². The fourth-order valence-corrected chi connectivity index (χ4v) is 3.47. The van der Waals surface area contributed by atoms with Crippen molar-refractivity contribution in [3.05, 3.63) is 58.7 Å². The van der Waals surface area contributed by atoms with E-state index in [1.807, 2.05) is 6.92 Å². The van der Waals surface area contributed by atoms with Crippen molar-refractivity contribution in [2.75, 3.05) is 11.9 Å². The molecule has 0 radical (unpaired) electrons. The van der Waals surface area contributed by atoms with Gasteiger partial charge in [0.2, 0.25) is 0 Å². The molecule has 5 nitrogen and oxygen atoms in total. The number of nitrogens with one attached hydrogen (secondary N) is 1. The van der Waals surface area contributed by atoms with Crippen LogP contribution in [0.3, 0.4) is 0 Å². The molecule has 3 rings (SSSR count). The van der Waals surface area contributed by atoms with E-state index >= 15 is 0 Å². The number of anilines is 1. The topological polar surface area (TPSA) is 64.1 Å². The third-order valence-corrected chi connectivity index (χ3v) is 5.08. The van der Waals surface area contributed by atoms with Gasteiger partial charge in [-0.15, -0.1) is 11.3 Å². The van der Waals surface area contributed by atoms with Gasteiger partial charge in [0.1, 0.15) is 15.6 Å². The molecule has 0 atom stereocenters. The van der Waals surface area contributed by atoms with Crippen LogP contribution in [0.15, 0.2) is 42.6 Å². The van der Waals surface area contributed by atoms with Gasteiger partial charge in [0, 0.05) is 6.20 Å². The van der Waals surface area contributed by atoms with Gasteiger partial charge in [-0.05, 0) is 43.7 Å². The Morgan fingerprint density at radius 1 is 1.24 bits per heavy atom. The second-order valence-corrected chi connectivity index (χ2v) is 7.16. The molecule has 29 heavy (non-hydrogen) atoms. The first-order valence-electron chi connectivity index (χ1n) is 8.83. The third-order valence-electron chi connectivity index (χ3n) is 3.90. The van der Waals surface area contributed by atoms with E-state index in [0.29, 0.717) is 34.3 Å². The van der Waals surface area contributed by atoms with E-state index in [1.165, 1.54) is 6.07 Å². The van der Waals surface area contributed by atoms with Gasteiger partial charge >= 0.3 is 6.18 Å². The summed E-state index contributed by atoms with van der Waals surface area (Å²) in [5.41, 5.74) is 0.180. The number of thiazole rings is 1. The fraction of sp³-hybridized carbons (Fsp3) is 0.250. The lowest BCUT2D eigenvalue weighted by Gasteiger charge is -2.15. The number of ether oxygens (including phenoxy) is 1. The lowest BCUT2D eigenvalue weighted by atomic mass is 10.1. The molecule has 9 heteroatoms. The van der Waals surface area contributed by atoms with Gasteiger partial charge in [-0.2, -0.15) is 13.2 Å². The van der Waals surface area contributed by atoms with E-state index < -0.39 is 17.6 Å². The van der Waals surface area contributed by atoms with Gasteiger partial charge < -0.3 is 10.1 Å². The summed E-state index contributed by atoms with van der Waals surface area (Å²) < 4.78 is 44.8. The van der Waals surface area contributed by atoms with E-state index in [2.05, 4.69) is 15.3 Å². The maximum absolute atomic E-state index is 13.1. The number of hydrogen-bond acceptors (Lipinski definition) is 5. The number of halogens is 3. The normalized spacial score (nSPS) is 11.3. The van der Waals surface area contributed by atoms with Crippen LogP contribution >= 0.6 is 11.3 Å². The van der Waals surface area contributed by atoms with E-state index in [-0.39, 0.29) is 11.4 Å². The number of nitrogens with zero attached hydrogens (tertiary/aromatic N) is 2. The zero-order chi connectivity index (χ0) is 21.0. The van der Waals surface area contributed by atoms with Crippen LogP contribution in [0.25, 0.3) is 10.7 Å². The van der Waals surface area contributed by atoms with Crippen LogP contribution in [0.2, 0.25) is 0 Å². The maximum Gasteiger partial charge on any atom is 0.416 e. The molecule has 1 N–H and O–H groups in total. The zero-order valence-electron chi connectivity index (χ0n) is 15.7. The van der Waals surface area contributed by atoms with Gasteiger partial charge in [-0.3, -0.25) is 9.78 Å². The van der Waals surface area contributed by atoms with Crippen molar-refractivity contribution in [2.24, 2.45) is 0 Å². The Labute approximate surface area is 169 Å². The molecule has 0 aliphatic carbocycles. The van der Waals surface area contributed by atoms with Gasteiger partial charge in [-0.25, -0.2) is 4.98 Å². The predicted octanol–water partition coefficient (Wildman–Crippen LogP) is 5.57. The summed E-state index contributed by atoms with van der Waals surface area (Å²) in [5, 5.41) is 3.10. The Hall–Kier alpha value is -2.94. The summed E-state index contributed by atoms with van der Waals surface area (Å²) in [7, 11) is 0. The number of carbonyl (C=O) groups is 1. The van der Waals surface area contributed by atoms with Crippen LogP contribution in [0.4, 0.5) is 18.9 Å². The van der Waals surface area contributed by atoms with Crippen LogP contribution in [0.1, 0.15) is 34.3 Å². The molecule has 0 aliphatic rings. The van der Waals surface area contributed by atoms with Crippen molar-refractivity contribution in [3.8, 4) is 16.5 Å². The van der Waals surface area contributed by atoms with Gasteiger partial charge in [-0.1, -0.05) is 13.0 Å². The van der Waals surface area contributed by atoms with Gasteiger partial charge in [0.25, 0.3) is 5.91 Å². The van der Waals surface area contributed by atoms with Crippen molar-refractivity contribution in [2.45, 2.75) is 26.4 Å². The standard InChI is InChI=1S/C20H18F3N3O2S/c1-3-10-28-16-8-7-13(20(21,22)23)11-15(16)26-18(27)17-12(2)25-19(29-17)14-6-4-5-9-24-14/h4-9,11H,3,10H2,1-2H3,(H,26,27). The summed E-state index contributed by atoms with van der Waals surface area (Å²) in [4.78, 5) is 21.6. The number of alkyl halides is 3. The molecule has 2 heterocycles. The minimum Gasteiger partial charge on any atom is -0.491 e. The minimum absolute atomic E-state index is 0.0366. The van der Waals surface area contributed by atoms with Crippen LogP contribution in [-0.4, -0.2) is 22.5 Å². The van der Waals surface area contributed by atoms with E-state index in [4.69, 9.17) is 4.74 Å². The second kappa shape index (κ2) is 8.60. The van der Waals surface area contributed by atoms with Crippen LogP contribution in [0.5, 0.6) is 5.75 Å². The number of pyridine rings is 1. The molecule has 0 saturated heterocycles. The van der Waals surface area contributed by atoms with Gasteiger partial charge in [0.05, 0.1) is 29.2 Å². The van der Waals surface area contributed by atoms with Crippen LogP contribution < -0.4 is 10.1 Å². The van der Waals surface area contributed by atoms with E-state index in [0.717, 1.165) is 23.5 Å². The average molecular weight is 421 g/mol. The fourth-order valence-electron chi connectivity index (χ4n) is 2.53. The predicted molar refractivity (Wildman–Crippen MR) is 105 cm³/mol. The second-order valence-electron chi connectivity index (χ2n) is 6.16. The number of benzene rings is 1. The summed E-state index contributed by atoms with van der Waals surface area (Å²) in [5.74, 6) is -0.372. The molecular formula is C20H18F3N3O2S. The highest BCUT2D eigenvalue weighted by molar-refractivity contribution is 7.17. The average Bonchev–Trinajstić information content (AvgIpc) is 3.08. The molecule has 0 aliphatic heterocycles. The third kappa shape index (κ3) is 4.92. The molecule has 1 aromatic carbocycles. The quantitative estimate of drug-likeness (QED) is 0.565. The van der Waals surface area contributed by atoms with Crippen molar-refractivity contribution in [1.29, 1.82) is 0 Å². The molecule has 2 aromatic heterocycles. The molecule has 0 bridgehead atoms. The lowest BCUT2D eigenvalue weighted by molar-refractivity contribution is -0.137. The SMILES string of the molecule is CCCOc1ccc(C(F)(F)F)cc1NC(=O)c1sc(-c2ccccn2)nc1C. The monoisotopic (exact) mass is 421 g/mol. The lowest BCUT2D eigenvalue weighted by Crippen LogP contribution is -2.14. The molecule has 0 fully saturated rings. The van der Waals surface area contributed by atoms with Crippen molar-refractivity contribution in [1.82, 2.24) is 9.97 Å². The molecule has 1 amide bonds. The van der Waals surface area contributed by atoms with Crippen LogP contribution in [-0.2, 0) is 6.18 Å². The molecule has 152 valence electrons. The molecule has 0 saturated carbocycles. The Balaban J connectivity index is 1.90. The smallest absolute Gasteiger partial charge is 0.416 e. The first-order chi connectivity index (χ1) is 13.8. The number of amides is 1. The largest absolute Gasteiger partial charge is 0.491 e. The highest BCUT2D eigenvalue weighted by atomic mass is 32.1. The summed E-state index contributed by atoms with van der Waals surface area (Å²) in [6.07, 6.45) is -2.24. The summed E-state index contributed by atoms with van der Waals surface area (Å²) >= 11 is 1.12. The maximum atomic E-state index is 13.1.